The second-order valence-electron chi connectivity index (χ2n) is 7.04. The lowest BCUT2D eigenvalue weighted by Gasteiger charge is -2.15. The third-order valence-electron chi connectivity index (χ3n) is 4.42. The van der Waals surface area contributed by atoms with Crippen LogP contribution in [0.4, 0.5) is 0 Å². The Bertz CT molecular complexity index is 1020. The van der Waals surface area contributed by atoms with Gasteiger partial charge in [0.1, 0.15) is 23.1 Å². The molecular formula is C24H25ClN2O5. The number of methoxy groups -OCH3 is 1. The number of hydrogen-bond donors (Lipinski definition) is 1. The molecule has 168 valence electrons. The molecule has 2 aromatic carbocycles. The molecule has 0 heterocycles. The van der Waals surface area contributed by atoms with Gasteiger partial charge in [0.15, 0.2) is 6.10 Å². The first-order chi connectivity index (χ1) is 15.2. The Morgan fingerprint density at radius 2 is 1.78 bits per heavy atom. The van der Waals surface area contributed by atoms with Crippen LogP contribution >= 0.6 is 11.6 Å². The number of nitrogens with one attached hydrogen (secondary N) is 1. The summed E-state index contributed by atoms with van der Waals surface area (Å²) in [6, 6.07) is 11.8. The molecule has 0 aliphatic rings. The van der Waals surface area contributed by atoms with E-state index in [1.807, 2.05) is 19.9 Å². The minimum Gasteiger partial charge on any atom is -0.479 e. The predicted molar refractivity (Wildman–Crippen MR) is 122 cm³/mol. The van der Waals surface area contributed by atoms with Crippen LogP contribution in [0.1, 0.15) is 23.6 Å². The summed E-state index contributed by atoms with van der Waals surface area (Å²) in [6.07, 6.45) is 0.612. The van der Waals surface area contributed by atoms with Crippen LogP contribution in [0.25, 0.3) is 6.08 Å². The van der Waals surface area contributed by atoms with Crippen LogP contribution in [0.15, 0.2) is 42.0 Å². The Morgan fingerprint density at radius 3 is 2.34 bits per heavy atom. The van der Waals surface area contributed by atoms with Crippen molar-refractivity contribution in [2.75, 3.05) is 20.3 Å². The van der Waals surface area contributed by atoms with Crippen LogP contribution in [0.3, 0.4) is 0 Å². The largest absolute Gasteiger partial charge is 0.479 e. The fourth-order valence-electron chi connectivity index (χ4n) is 2.73. The van der Waals surface area contributed by atoms with E-state index in [1.165, 1.54) is 13.2 Å². The monoisotopic (exact) mass is 456 g/mol. The van der Waals surface area contributed by atoms with E-state index >= 15 is 0 Å². The highest BCUT2D eigenvalue weighted by molar-refractivity contribution is 6.32. The van der Waals surface area contributed by atoms with Crippen LogP contribution in [0, 0.1) is 25.2 Å². The topological polar surface area (TPSA) is 97.6 Å². The summed E-state index contributed by atoms with van der Waals surface area (Å²) in [5.74, 6) is -0.205. The molecule has 0 aliphatic carbocycles. The maximum absolute atomic E-state index is 12.4. The molecule has 0 saturated heterocycles. The molecule has 2 aromatic rings. The van der Waals surface area contributed by atoms with E-state index in [0.29, 0.717) is 35.2 Å². The number of esters is 1. The second kappa shape index (κ2) is 11.9. The summed E-state index contributed by atoms with van der Waals surface area (Å²) >= 11 is 6.16. The molecule has 0 aliphatic heterocycles. The maximum atomic E-state index is 12.4. The Balaban J connectivity index is 2.00. The van der Waals surface area contributed by atoms with Crippen molar-refractivity contribution in [1.29, 1.82) is 5.26 Å². The van der Waals surface area contributed by atoms with Crippen molar-refractivity contribution in [3.63, 3.8) is 0 Å². The highest BCUT2D eigenvalue weighted by atomic mass is 35.5. The van der Waals surface area contributed by atoms with Gasteiger partial charge < -0.3 is 19.5 Å². The Hall–Kier alpha value is -3.34. The number of nitriles is 1. The van der Waals surface area contributed by atoms with E-state index in [4.69, 9.17) is 25.8 Å². The van der Waals surface area contributed by atoms with E-state index < -0.39 is 18.0 Å². The summed E-state index contributed by atoms with van der Waals surface area (Å²) in [4.78, 5) is 24.4. The smallest absolute Gasteiger partial charge is 0.352 e. The van der Waals surface area contributed by atoms with Gasteiger partial charge in [-0.05, 0) is 67.8 Å². The normalized spacial score (nSPS) is 11.9. The molecule has 0 aromatic heterocycles. The van der Waals surface area contributed by atoms with Gasteiger partial charge in [0.2, 0.25) is 0 Å². The summed E-state index contributed by atoms with van der Waals surface area (Å²) in [6.45, 7) is 5.98. The number of rotatable bonds is 9. The van der Waals surface area contributed by atoms with E-state index in [9.17, 15) is 14.9 Å². The van der Waals surface area contributed by atoms with Crippen LogP contribution in [0.5, 0.6) is 11.5 Å². The SMILES string of the molecule is COCCNC(=O)/C(C#N)=C/c1ccc(OC(=O)C(C)Oc2cc(C)c(Cl)c(C)c2)cc1. The van der Waals surface area contributed by atoms with Crippen molar-refractivity contribution in [3.8, 4) is 17.6 Å². The third-order valence-corrected chi connectivity index (χ3v) is 5.02. The molecule has 0 spiro atoms. The highest BCUT2D eigenvalue weighted by Crippen LogP contribution is 2.26. The first kappa shape index (κ1) is 24.9. The summed E-state index contributed by atoms with van der Waals surface area (Å²) in [5.41, 5.74) is 2.28. The van der Waals surface area contributed by atoms with E-state index in [1.54, 1.807) is 43.3 Å². The number of benzene rings is 2. The number of nitrogens with zero attached hydrogens (tertiary/aromatic N) is 1. The van der Waals surface area contributed by atoms with Crippen molar-refractivity contribution >= 4 is 29.6 Å². The van der Waals surface area contributed by atoms with Gasteiger partial charge in [-0.3, -0.25) is 4.79 Å². The van der Waals surface area contributed by atoms with Crippen LogP contribution < -0.4 is 14.8 Å². The van der Waals surface area contributed by atoms with Crippen LogP contribution in [-0.4, -0.2) is 38.2 Å². The lowest BCUT2D eigenvalue weighted by Crippen LogP contribution is -2.28. The zero-order valence-corrected chi connectivity index (χ0v) is 19.2. The fourth-order valence-corrected chi connectivity index (χ4v) is 2.84. The van der Waals surface area contributed by atoms with Crippen molar-refractivity contribution in [1.82, 2.24) is 5.32 Å². The van der Waals surface area contributed by atoms with Crippen LogP contribution in [-0.2, 0) is 14.3 Å². The van der Waals surface area contributed by atoms with Gasteiger partial charge in [0.25, 0.3) is 5.91 Å². The predicted octanol–water partition coefficient (Wildman–Crippen LogP) is 4.00. The molecule has 8 heteroatoms. The van der Waals surface area contributed by atoms with Gasteiger partial charge >= 0.3 is 5.97 Å². The standard InChI is InChI=1S/C24H25ClN2O5/c1-15-11-21(12-16(2)22(15)25)31-17(3)24(29)32-20-7-5-18(6-8-20)13-19(14-26)23(28)27-9-10-30-4/h5-8,11-13,17H,9-10H2,1-4H3,(H,27,28)/b19-13+. The zero-order valence-electron chi connectivity index (χ0n) is 18.4. The molecule has 7 nitrogen and oxygen atoms in total. The molecule has 32 heavy (non-hydrogen) atoms. The molecule has 2 rings (SSSR count). The quantitative estimate of drug-likeness (QED) is 0.201. The number of aryl methyl sites for hydroxylation is 2. The zero-order chi connectivity index (χ0) is 23.7. The molecule has 0 radical (unpaired) electrons. The molecular weight excluding hydrogens is 432 g/mol. The molecule has 1 amide bonds. The van der Waals surface area contributed by atoms with Gasteiger partial charge in [-0.15, -0.1) is 0 Å². The van der Waals surface area contributed by atoms with Gasteiger partial charge in [-0.1, -0.05) is 23.7 Å². The van der Waals surface area contributed by atoms with Gasteiger partial charge in [0.05, 0.1) is 6.61 Å². The number of amides is 1. The second-order valence-corrected chi connectivity index (χ2v) is 7.42. The average molecular weight is 457 g/mol. The van der Waals surface area contributed by atoms with Crippen molar-refractivity contribution in [2.45, 2.75) is 26.9 Å². The summed E-state index contributed by atoms with van der Waals surface area (Å²) < 4.78 is 15.9. The number of carbonyl (C=O) groups excluding carboxylic acids is 2. The van der Waals surface area contributed by atoms with E-state index in [0.717, 1.165) is 11.1 Å². The number of carbonyl (C=O) groups is 2. The lowest BCUT2D eigenvalue weighted by atomic mass is 10.1. The molecule has 1 unspecified atom stereocenters. The van der Waals surface area contributed by atoms with Gasteiger partial charge in [0, 0.05) is 18.7 Å². The van der Waals surface area contributed by atoms with Gasteiger partial charge in [-0.2, -0.15) is 5.26 Å². The van der Waals surface area contributed by atoms with Crippen molar-refractivity contribution in [2.24, 2.45) is 0 Å². The Kier molecular flexibility index (Phi) is 9.26. The van der Waals surface area contributed by atoms with E-state index in [-0.39, 0.29) is 5.57 Å². The van der Waals surface area contributed by atoms with Crippen LogP contribution in [0.2, 0.25) is 5.02 Å². The Labute approximate surface area is 192 Å². The molecule has 0 fully saturated rings. The lowest BCUT2D eigenvalue weighted by molar-refractivity contribution is -0.141. The summed E-state index contributed by atoms with van der Waals surface area (Å²) in [5, 5.41) is 12.5. The average Bonchev–Trinajstić information content (AvgIpc) is 2.76. The number of ether oxygens (including phenoxy) is 3. The number of halogens is 1. The minimum absolute atomic E-state index is 0.0404. The Morgan fingerprint density at radius 1 is 1.16 bits per heavy atom. The van der Waals surface area contributed by atoms with Gasteiger partial charge in [-0.25, -0.2) is 4.79 Å². The summed E-state index contributed by atoms with van der Waals surface area (Å²) in [7, 11) is 1.52. The maximum Gasteiger partial charge on any atom is 0.352 e. The first-order valence-electron chi connectivity index (χ1n) is 9.89. The number of hydrogen-bond acceptors (Lipinski definition) is 6. The highest BCUT2D eigenvalue weighted by Gasteiger charge is 2.18. The fraction of sp³-hybridized carbons (Fsp3) is 0.292. The van der Waals surface area contributed by atoms with E-state index in [2.05, 4.69) is 5.32 Å². The third kappa shape index (κ3) is 7.12. The molecule has 0 bridgehead atoms. The molecule has 1 atom stereocenters. The van der Waals surface area contributed by atoms with Crippen molar-refractivity contribution in [3.05, 3.63) is 63.7 Å². The molecule has 0 saturated carbocycles. The molecule has 1 N–H and O–H groups in total. The van der Waals surface area contributed by atoms with Crippen molar-refractivity contribution < 1.29 is 23.8 Å². The first-order valence-corrected chi connectivity index (χ1v) is 10.3. The minimum atomic E-state index is -0.837.